The second-order valence-electron chi connectivity index (χ2n) is 6.57. The quantitative estimate of drug-likeness (QED) is 0.643. The van der Waals surface area contributed by atoms with E-state index in [9.17, 15) is 13.2 Å². The van der Waals surface area contributed by atoms with Crippen LogP contribution in [-0.2, 0) is 21.2 Å². The fraction of sp³-hybridized carbons (Fsp3) is 0.200. The van der Waals surface area contributed by atoms with Crippen LogP contribution in [0.4, 0.5) is 10.8 Å². The number of ether oxygens (including phenoxy) is 1. The van der Waals surface area contributed by atoms with Crippen LogP contribution in [0, 0.1) is 6.92 Å². The summed E-state index contributed by atoms with van der Waals surface area (Å²) in [7, 11) is -3.72. The lowest BCUT2D eigenvalue weighted by Gasteiger charge is -2.18. The number of carbonyl (C=O) groups excluding carboxylic acids is 1. The highest BCUT2D eigenvalue weighted by Crippen LogP contribution is 2.36. The number of carbonyl (C=O) groups is 1. The number of nitrogens with one attached hydrogen (secondary N) is 2. The molecule has 7 nitrogen and oxygen atoms in total. The van der Waals surface area contributed by atoms with Gasteiger partial charge in [-0.25, -0.2) is 13.4 Å². The summed E-state index contributed by atoms with van der Waals surface area (Å²) in [5.74, 6) is 0.380. The Bertz CT molecular complexity index is 1180. The Hall–Kier alpha value is -2.91. The summed E-state index contributed by atoms with van der Waals surface area (Å²) >= 11 is 1.26. The van der Waals surface area contributed by atoms with E-state index in [4.69, 9.17) is 4.74 Å². The fourth-order valence-corrected chi connectivity index (χ4v) is 5.09. The van der Waals surface area contributed by atoms with Crippen molar-refractivity contribution in [3.05, 3.63) is 52.9 Å². The number of benzene rings is 2. The van der Waals surface area contributed by atoms with E-state index >= 15 is 0 Å². The van der Waals surface area contributed by atoms with E-state index in [1.165, 1.54) is 11.3 Å². The van der Waals surface area contributed by atoms with Crippen LogP contribution >= 0.6 is 11.3 Å². The summed E-state index contributed by atoms with van der Waals surface area (Å²) in [5.41, 5.74) is 3.06. The van der Waals surface area contributed by atoms with Gasteiger partial charge in [-0.05, 0) is 49.2 Å². The molecule has 2 N–H and O–H groups in total. The number of nitrogens with zero attached hydrogens (tertiary/aromatic N) is 1. The van der Waals surface area contributed by atoms with E-state index in [2.05, 4.69) is 15.0 Å². The first-order valence-electron chi connectivity index (χ1n) is 9.02. The van der Waals surface area contributed by atoms with Crippen molar-refractivity contribution < 1.29 is 17.9 Å². The molecule has 2 aromatic carbocycles. The minimum Gasteiger partial charge on any atom is -0.482 e. The van der Waals surface area contributed by atoms with Gasteiger partial charge in [0.25, 0.3) is 15.9 Å². The normalized spacial score (nSPS) is 13.4. The number of aromatic nitrogens is 1. The maximum absolute atomic E-state index is 12.7. The fourth-order valence-electron chi connectivity index (χ4n) is 3.02. The monoisotopic (exact) mass is 429 g/mol. The van der Waals surface area contributed by atoms with Gasteiger partial charge < -0.3 is 10.1 Å². The molecule has 0 aliphatic carbocycles. The van der Waals surface area contributed by atoms with Gasteiger partial charge in [0.15, 0.2) is 11.7 Å². The van der Waals surface area contributed by atoms with Crippen molar-refractivity contribution in [2.75, 3.05) is 16.6 Å². The number of amides is 1. The molecule has 0 unspecified atom stereocenters. The second kappa shape index (κ2) is 7.49. The van der Waals surface area contributed by atoms with Gasteiger partial charge >= 0.3 is 0 Å². The highest BCUT2D eigenvalue weighted by Gasteiger charge is 2.20. The van der Waals surface area contributed by atoms with Crippen molar-refractivity contribution in [2.45, 2.75) is 25.2 Å². The average molecular weight is 430 g/mol. The molecule has 0 saturated carbocycles. The van der Waals surface area contributed by atoms with Crippen molar-refractivity contribution in [3.8, 4) is 17.0 Å². The van der Waals surface area contributed by atoms with Crippen LogP contribution in [0.5, 0.6) is 5.75 Å². The molecule has 4 rings (SSSR count). The average Bonchev–Trinajstić information content (AvgIpc) is 3.06. The summed E-state index contributed by atoms with van der Waals surface area (Å²) in [6, 6.07) is 12.2. The SMILES string of the molecule is CCc1ccc(S(=O)(=O)Nc2nc(-c3ccc4c(c3)NC(=O)CO4)c(C)s2)cc1. The van der Waals surface area contributed by atoms with E-state index in [1.807, 2.05) is 19.9 Å². The molecule has 1 amide bonds. The molecule has 3 aromatic rings. The minimum atomic E-state index is -3.72. The Labute approximate surface area is 172 Å². The lowest BCUT2D eigenvalue weighted by atomic mass is 10.1. The Morgan fingerprint density at radius 1 is 1.21 bits per heavy atom. The largest absolute Gasteiger partial charge is 0.482 e. The van der Waals surface area contributed by atoms with Crippen LogP contribution in [0.2, 0.25) is 0 Å². The molecule has 0 spiro atoms. The Balaban J connectivity index is 1.61. The minimum absolute atomic E-state index is 0.00671. The predicted molar refractivity (Wildman–Crippen MR) is 113 cm³/mol. The highest BCUT2D eigenvalue weighted by molar-refractivity contribution is 7.93. The standard InChI is InChI=1S/C20H19N3O4S2/c1-3-13-4-7-15(8-5-13)29(25,26)23-20-22-19(12(2)28-20)14-6-9-17-16(10-14)21-18(24)11-27-17/h4-10H,3,11H2,1-2H3,(H,21,24)(H,22,23). The summed E-state index contributed by atoms with van der Waals surface area (Å²) < 4.78 is 33.3. The molecular formula is C20H19N3O4S2. The third-order valence-corrected chi connectivity index (χ3v) is 6.92. The van der Waals surface area contributed by atoms with Crippen LogP contribution < -0.4 is 14.8 Å². The second-order valence-corrected chi connectivity index (χ2v) is 9.46. The Kier molecular flexibility index (Phi) is 5.01. The predicted octanol–water partition coefficient (Wildman–Crippen LogP) is 3.81. The molecule has 1 aliphatic rings. The van der Waals surface area contributed by atoms with Crippen LogP contribution in [0.1, 0.15) is 17.4 Å². The van der Waals surface area contributed by atoms with Gasteiger partial charge in [0.1, 0.15) is 5.75 Å². The zero-order valence-corrected chi connectivity index (χ0v) is 17.5. The number of anilines is 2. The zero-order valence-electron chi connectivity index (χ0n) is 15.9. The van der Waals surface area contributed by atoms with E-state index in [-0.39, 0.29) is 22.5 Å². The molecule has 1 aliphatic heterocycles. The lowest BCUT2D eigenvalue weighted by Crippen LogP contribution is -2.25. The molecule has 0 bridgehead atoms. The first kappa shape index (κ1) is 19.4. The molecule has 0 fully saturated rings. The van der Waals surface area contributed by atoms with E-state index in [1.54, 1.807) is 36.4 Å². The molecule has 0 saturated heterocycles. The summed E-state index contributed by atoms with van der Waals surface area (Å²) in [6.07, 6.45) is 0.842. The van der Waals surface area contributed by atoms with Gasteiger partial charge in [-0.3, -0.25) is 9.52 Å². The third-order valence-electron chi connectivity index (χ3n) is 4.55. The number of sulfonamides is 1. The van der Waals surface area contributed by atoms with Gasteiger partial charge in [0, 0.05) is 10.4 Å². The van der Waals surface area contributed by atoms with Crippen LogP contribution in [-0.4, -0.2) is 25.9 Å². The van der Waals surface area contributed by atoms with Crippen molar-refractivity contribution >= 4 is 38.1 Å². The molecule has 29 heavy (non-hydrogen) atoms. The Morgan fingerprint density at radius 3 is 2.69 bits per heavy atom. The summed E-state index contributed by atoms with van der Waals surface area (Å²) in [4.78, 5) is 17.1. The van der Waals surface area contributed by atoms with Crippen molar-refractivity contribution in [3.63, 3.8) is 0 Å². The lowest BCUT2D eigenvalue weighted by molar-refractivity contribution is -0.118. The smallest absolute Gasteiger partial charge is 0.263 e. The van der Waals surface area contributed by atoms with Gasteiger partial charge in [-0.15, -0.1) is 11.3 Å². The molecular weight excluding hydrogens is 410 g/mol. The highest BCUT2D eigenvalue weighted by atomic mass is 32.2. The zero-order chi connectivity index (χ0) is 20.6. The van der Waals surface area contributed by atoms with E-state index in [0.717, 1.165) is 22.4 Å². The molecule has 0 radical (unpaired) electrons. The summed E-state index contributed by atoms with van der Waals surface area (Å²) in [6.45, 7) is 3.88. The van der Waals surface area contributed by atoms with Gasteiger partial charge in [0.2, 0.25) is 0 Å². The van der Waals surface area contributed by atoms with Gasteiger partial charge in [-0.2, -0.15) is 0 Å². The molecule has 1 aromatic heterocycles. The van der Waals surface area contributed by atoms with Crippen molar-refractivity contribution in [1.82, 2.24) is 4.98 Å². The number of hydrogen-bond donors (Lipinski definition) is 2. The molecule has 0 atom stereocenters. The number of aryl methyl sites for hydroxylation is 2. The van der Waals surface area contributed by atoms with E-state index < -0.39 is 10.0 Å². The number of hydrogen-bond acceptors (Lipinski definition) is 6. The van der Waals surface area contributed by atoms with Crippen molar-refractivity contribution in [2.24, 2.45) is 0 Å². The van der Waals surface area contributed by atoms with Crippen LogP contribution in [0.15, 0.2) is 47.4 Å². The van der Waals surface area contributed by atoms with Crippen LogP contribution in [0.3, 0.4) is 0 Å². The topological polar surface area (TPSA) is 97.4 Å². The van der Waals surface area contributed by atoms with Crippen molar-refractivity contribution in [1.29, 1.82) is 0 Å². The van der Waals surface area contributed by atoms with E-state index in [0.29, 0.717) is 17.1 Å². The maximum atomic E-state index is 12.7. The number of thiazole rings is 1. The Morgan fingerprint density at radius 2 is 1.97 bits per heavy atom. The molecule has 9 heteroatoms. The summed E-state index contributed by atoms with van der Waals surface area (Å²) in [5, 5.41) is 3.05. The molecule has 2 heterocycles. The van der Waals surface area contributed by atoms with Crippen LogP contribution in [0.25, 0.3) is 11.3 Å². The van der Waals surface area contributed by atoms with Gasteiger partial charge in [-0.1, -0.05) is 19.1 Å². The van der Waals surface area contributed by atoms with Gasteiger partial charge in [0.05, 0.1) is 16.3 Å². The number of fused-ring (bicyclic) bond motifs is 1. The third kappa shape index (κ3) is 3.96. The first-order valence-corrected chi connectivity index (χ1v) is 11.3. The maximum Gasteiger partial charge on any atom is 0.263 e. The first-order chi connectivity index (χ1) is 13.9. The molecule has 150 valence electrons. The number of rotatable bonds is 5.